The van der Waals surface area contributed by atoms with Crippen LogP contribution >= 0.6 is 0 Å². The summed E-state index contributed by atoms with van der Waals surface area (Å²) in [5.41, 5.74) is 1.01. The molecule has 0 N–H and O–H groups in total. The van der Waals surface area contributed by atoms with E-state index in [0.29, 0.717) is 6.42 Å². The van der Waals surface area contributed by atoms with Gasteiger partial charge in [-0.3, -0.25) is 0 Å². The summed E-state index contributed by atoms with van der Waals surface area (Å²) in [6.45, 7) is 0. The molecule has 0 amide bonds. The van der Waals surface area contributed by atoms with Crippen LogP contribution in [0.2, 0.25) is 0 Å². The number of aldehydes is 1. The van der Waals surface area contributed by atoms with Crippen molar-refractivity contribution >= 4 is 12.4 Å². The lowest BCUT2D eigenvalue weighted by molar-refractivity contribution is -0.107. The van der Waals surface area contributed by atoms with Crippen molar-refractivity contribution in [3.05, 3.63) is 24.3 Å². The molecule has 0 radical (unpaired) electrons. The number of hydrogen-bond donors (Lipinski definition) is 0. The first kappa shape index (κ1) is 7.72. The quantitative estimate of drug-likeness (QED) is 0.603. The Morgan fingerprint density at radius 2 is 2.55 bits per heavy atom. The van der Waals surface area contributed by atoms with Gasteiger partial charge < -0.3 is 9.36 Å². The summed E-state index contributed by atoms with van der Waals surface area (Å²) in [6, 6.07) is 0. The zero-order chi connectivity index (χ0) is 8.10. The highest BCUT2D eigenvalue weighted by molar-refractivity contribution is 5.56. The molecule has 0 aliphatic carbocycles. The Bertz CT molecular complexity index is 263. The van der Waals surface area contributed by atoms with Crippen LogP contribution in [-0.2, 0) is 11.8 Å². The molecule has 3 heteroatoms. The van der Waals surface area contributed by atoms with Gasteiger partial charge in [-0.1, -0.05) is 6.08 Å². The molecule has 0 bridgehead atoms. The molecule has 0 aromatic carbocycles. The highest BCUT2D eigenvalue weighted by Crippen LogP contribution is 1.98. The van der Waals surface area contributed by atoms with Gasteiger partial charge in [0.2, 0.25) is 0 Å². The van der Waals surface area contributed by atoms with Crippen LogP contribution in [0, 0.1) is 0 Å². The van der Waals surface area contributed by atoms with Gasteiger partial charge in [0, 0.05) is 13.5 Å². The molecular formula is C8H10N2O. The van der Waals surface area contributed by atoms with Gasteiger partial charge >= 0.3 is 0 Å². The number of carbonyl (C=O) groups is 1. The van der Waals surface area contributed by atoms with E-state index in [4.69, 9.17) is 0 Å². The van der Waals surface area contributed by atoms with Crippen LogP contribution in [0.25, 0.3) is 6.08 Å². The molecular weight excluding hydrogens is 140 g/mol. The molecule has 58 valence electrons. The Hall–Kier alpha value is -1.38. The topological polar surface area (TPSA) is 34.9 Å². The summed E-state index contributed by atoms with van der Waals surface area (Å²) < 4.78 is 1.89. The number of imidazole rings is 1. The van der Waals surface area contributed by atoms with Gasteiger partial charge in [-0.2, -0.15) is 0 Å². The Labute approximate surface area is 65.4 Å². The molecule has 0 aliphatic rings. The zero-order valence-corrected chi connectivity index (χ0v) is 6.40. The summed E-state index contributed by atoms with van der Waals surface area (Å²) in [4.78, 5) is 13.9. The van der Waals surface area contributed by atoms with Crippen LogP contribution in [0.1, 0.15) is 12.1 Å². The average molecular weight is 150 g/mol. The van der Waals surface area contributed by atoms with E-state index < -0.39 is 0 Å². The summed E-state index contributed by atoms with van der Waals surface area (Å²) >= 11 is 0. The first-order chi connectivity index (χ1) is 5.34. The molecule has 1 heterocycles. The second-order valence-electron chi connectivity index (χ2n) is 2.23. The Morgan fingerprint density at radius 1 is 1.73 bits per heavy atom. The van der Waals surface area contributed by atoms with Gasteiger partial charge in [0.1, 0.15) is 6.29 Å². The molecule has 0 unspecified atom stereocenters. The van der Waals surface area contributed by atoms with Crippen LogP contribution in [0.3, 0.4) is 0 Å². The summed E-state index contributed by atoms with van der Waals surface area (Å²) in [5.74, 6) is 0. The van der Waals surface area contributed by atoms with Gasteiger partial charge in [0.25, 0.3) is 0 Å². The van der Waals surface area contributed by atoms with Crippen molar-refractivity contribution in [2.24, 2.45) is 7.05 Å². The second kappa shape index (κ2) is 3.71. The van der Waals surface area contributed by atoms with Gasteiger partial charge in [-0.25, -0.2) is 4.98 Å². The smallest absolute Gasteiger partial charge is 0.123 e. The summed E-state index contributed by atoms with van der Waals surface area (Å²) in [6.07, 6.45) is 8.49. The van der Waals surface area contributed by atoms with E-state index in [1.807, 2.05) is 23.8 Å². The number of aromatic nitrogens is 2. The van der Waals surface area contributed by atoms with E-state index in [1.165, 1.54) is 0 Å². The number of aryl methyl sites for hydroxylation is 1. The van der Waals surface area contributed by atoms with E-state index in [9.17, 15) is 4.79 Å². The van der Waals surface area contributed by atoms with Crippen molar-refractivity contribution in [3.63, 3.8) is 0 Å². The van der Waals surface area contributed by atoms with Gasteiger partial charge in [-0.15, -0.1) is 0 Å². The fraction of sp³-hybridized carbons (Fsp3) is 0.250. The van der Waals surface area contributed by atoms with Gasteiger partial charge in [-0.05, 0) is 6.08 Å². The van der Waals surface area contributed by atoms with Gasteiger partial charge in [0.05, 0.1) is 18.2 Å². The van der Waals surface area contributed by atoms with Crippen molar-refractivity contribution in [3.8, 4) is 0 Å². The minimum absolute atomic E-state index is 0.463. The Balaban J connectivity index is 2.63. The van der Waals surface area contributed by atoms with Crippen molar-refractivity contribution in [2.75, 3.05) is 0 Å². The largest absolute Gasteiger partial charge is 0.334 e. The van der Waals surface area contributed by atoms with Gasteiger partial charge in [0.15, 0.2) is 0 Å². The predicted octanol–water partition coefficient (Wildman–Crippen LogP) is 1.02. The lowest BCUT2D eigenvalue weighted by atomic mass is 10.3. The second-order valence-corrected chi connectivity index (χ2v) is 2.23. The highest BCUT2D eigenvalue weighted by Gasteiger charge is 1.89. The molecule has 0 saturated heterocycles. The maximum Gasteiger partial charge on any atom is 0.123 e. The molecule has 0 fully saturated rings. The first-order valence-electron chi connectivity index (χ1n) is 3.41. The summed E-state index contributed by atoms with van der Waals surface area (Å²) in [7, 11) is 1.91. The molecule has 3 nitrogen and oxygen atoms in total. The lowest BCUT2D eigenvalue weighted by Crippen LogP contribution is -1.86. The highest BCUT2D eigenvalue weighted by atomic mass is 16.1. The molecule has 0 saturated carbocycles. The zero-order valence-electron chi connectivity index (χ0n) is 6.40. The van der Waals surface area contributed by atoms with E-state index in [1.54, 1.807) is 12.5 Å². The average Bonchev–Trinajstić information content (AvgIpc) is 2.37. The van der Waals surface area contributed by atoms with Crippen molar-refractivity contribution in [2.45, 2.75) is 6.42 Å². The SMILES string of the molecule is Cn1cncc1C=CCC=O. The van der Waals surface area contributed by atoms with E-state index in [2.05, 4.69) is 4.98 Å². The van der Waals surface area contributed by atoms with Crippen LogP contribution in [0.4, 0.5) is 0 Å². The minimum atomic E-state index is 0.463. The first-order valence-corrected chi connectivity index (χ1v) is 3.41. The fourth-order valence-corrected chi connectivity index (χ4v) is 0.772. The third-order valence-electron chi connectivity index (χ3n) is 1.37. The van der Waals surface area contributed by atoms with Crippen LogP contribution in [0.15, 0.2) is 18.6 Å². The number of nitrogens with zero attached hydrogens (tertiary/aromatic N) is 2. The Morgan fingerprint density at radius 3 is 3.09 bits per heavy atom. The molecule has 11 heavy (non-hydrogen) atoms. The predicted molar refractivity (Wildman–Crippen MR) is 42.9 cm³/mol. The molecule has 0 spiro atoms. The maximum absolute atomic E-state index is 9.94. The molecule has 1 aromatic rings. The van der Waals surface area contributed by atoms with E-state index >= 15 is 0 Å². The molecule has 0 aliphatic heterocycles. The van der Waals surface area contributed by atoms with Crippen molar-refractivity contribution in [1.29, 1.82) is 0 Å². The van der Waals surface area contributed by atoms with Crippen LogP contribution in [0.5, 0.6) is 0 Å². The molecule has 1 aromatic heterocycles. The van der Waals surface area contributed by atoms with Crippen LogP contribution < -0.4 is 0 Å². The minimum Gasteiger partial charge on any atom is -0.334 e. The van der Waals surface area contributed by atoms with E-state index in [0.717, 1.165) is 12.0 Å². The molecule has 1 rings (SSSR count). The summed E-state index contributed by atoms with van der Waals surface area (Å²) in [5, 5.41) is 0. The Kier molecular flexibility index (Phi) is 2.60. The lowest BCUT2D eigenvalue weighted by Gasteiger charge is -1.91. The van der Waals surface area contributed by atoms with E-state index in [-0.39, 0.29) is 0 Å². The number of rotatable bonds is 3. The van der Waals surface area contributed by atoms with Crippen molar-refractivity contribution in [1.82, 2.24) is 9.55 Å². The molecule has 0 atom stereocenters. The fourth-order valence-electron chi connectivity index (χ4n) is 0.772. The number of carbonyl (C=O) groups excluding carboxylic acids is 1. The van der Waals surface area contributed by atoms with Crippen molar-refractivity contribution < 1.29 is 4.79 Å². The monoisotopic (exact) mass is 150 g/mol. The number of allylic oxidation sites excluding steroid dienone is 1. The number of hydrogen-bond acceptors (Lipinski definition) is 2. The third kappa shape index (κ3) is 2.04. The standard InChI is InChI=1S/C8H10N2O/c1-10-7-9-6-8(10)4-2-3-5-11/h2,4-7H,3H2,1H3. The third-order valence-corrected chi connectivity index (χ3v) is 1.37. The van der Waals surface area contributed by atoms with Crippen LogP contribution in [-0.4, -0.2) is 15.8 Å². The normalized spacial score (nSPS) is 10.6. The maximum atomic E-state index is 9.94.